The Morgan fingerprint density at radius 2 is 2.33 bits per heavy atom. The Labute approximate surface area is 88.2 Å². The maximum atomic E-state index is 11.5. The first-order valence-corrected chi connectivity index (χ1v) is 4.63. The molecular formula is C11H12N2O2. The number of nitrogens with one attached hydrogen (secondary N) is 1. The van der Waals surface area contributed by atoms with E-state index in [1.54, 1.807) is 24.3 Å². The minimum absolute atomic E-state index is 0.0797. The number of amides is 1. The molecule has 0 spiro atoms. The van der Waals surface area contributed by atoms with E-state index in [0.717, 1.165) is 5.56 Å². The number of aliphatic hydroxyl groups is 1. The van der Waals surface area contributed by atoms with Gasteiger partial charge in [0.25, 0.3) is 5.91 Å². The highest BCUT2D eigenvalue weighted by Gasteiger charge is 2.04. The zero-order valence-electron chi connectivity index (χ0n) is 8.23. The molecule has 0 heterocycles. The van der Waals surface area contributed by atoms with E-state index in [0.29, 0.717) is 12.0 Å². The Kier molecular flexibility index (Phi) is 4.32. The van der Waals surface area contributed by atoms with Crippen molar-refractivity contribution >= 4 is 5.91 Å². The molecule has 0 bridgehead atoms. The number of aliphatic hydroxyl groups excluding tert-OH is 1. The SMILES string of the molecule is N#CCc1cccc(C(=O)NCCO)c1. The molecule has 0 unspecified atom stereocenters. The Morgan fingerprint density at radius 3 is 3.00 bits per heavy atom. The minimum atomic E-state index is -0.233. The molecule has 0 saturated heterocycles. The number of benzene rings is 1. The molecule has 0 saturated carbocycles. The van der Waals surface area contributed by atoms with E-state index in [2.05, 4.69) is 5.32 Å². The third-order valence-corrected chi connectivity index (χ3v) is 1.87. The fourth-order valence-electron chi connectivity index (χ4n) is 1.19. The van der Waals surface area contributed by atoms with Crippen molar-refractivity contribution in [2.75, 3.05) is 13.2 Å². The van der Waals surface area contributed by atoms with Crippen LogP contribution < -0.4 is 5.32 Å². The first-order valence-electron chi connectivity index (χ1n) is 4.63. The molecule has 2 N–H and O–H groups in total. The molecule has 0 radical (unpaired) electrons. The van der Waals surface area contributed by atoms with Gasteiger partial charge in [-0.3, -0.25) is 4.79 Å². The van der Waals surface area contributed by atoms with E-state index < -0.39 is 0 Å². The van der Waals surface area contributed by atoms with Crippen molar-refractivity contribution in [3.05, 3.63) is 35.4 Å². The molecule has 4 heteroatoms. The average Bonchev–Trinajstić information content (AvgIpc) is 2.27. The number of carbonyl (C=O) groups is 1. The molecular weight excluding hydrogens is 192 g/mol. The molecule has 0 atom stereocenters. The van der Waals surface area contributed by atoms with Crippen LogP contribution in [0.2, 0.25) is 0 Å². The summed E-state index contributed by atoms with van der Waals surface area (Å²) in [4.78, 5) is 11.5. The van der Waals surface area contributed by atoms with Crippen LogP contribution in [0.25, 0.3) is 0 Å². The minimum Gasteiger partial charge on any atom is -0.395 e. The zero-order valence-corrected chi connectivity index (χ0v) is 8.23. The molecule has 1 amide bonds. The smallest absolute Gasteiger partial charge is 0.251 e. The van der Waals surface area contributed by atoms with Gasteiger partial charge in [0.15, 0.2) is 0 Å². The van der Waals surface area contributed by atoms with Gasteiger partial charge in [0.05, 0.1) is 19.1 Å². The lowest BCUT2D eigenvalue weighted by Gasteiger charge is -2.03. The highest BCUT2D eigenvalue weighted by Crippen LogP contribution is 2.05. The van der Waals surface area contributed by atoms with Crippen LogP contribution in [0.4, 0.5) is 0 Å². The van der Waals surface area contributed by atoms with Gasteiger partial charge in [-0.1, -0.05) is 12.1 Å². The monoisotopic (exact) mass is 204 g/mol. The van der Waals surface area contributed by atoms with Crippen LogP contribution in [-0.4, -0.2) is 24.2 Å². The summed E-state index contributed by atoms with van der Waals surface area (Å²) < 4.78 is 0. The van der Waals surface area contributed by atoms with Gasteiger partial charge in [-0.05, 0) is 17.7 Å². The van der Waals surface area contributed by atoms with Crippen LogP contribution in [0.15, 0.2) is 24.3 Å². The first-order chi connectivity index (χ1) is 7.27. The molecule has 78 valence electrons. The summed E-state index contributed by atoms with van der Waals surface area (Å²) in [5.41, 5.74) is 1.32. The van der Waals surface area contributed by atoms with Crippen molar-refractivity contribution in [3.63, 3.8) is 0 Å². The van der Waals surface area contributed by atoms with E-state index in [1.165, 1.54) is 0 Å². The normalized spacial score (nSPS) is 9.33. The number of rotatable bonds is 4. The molecule has 0 fully saturated rings. The lowest BCUT2D eigenvalue weighted by Crippen LogP contribution is -2.26. The maximum absolute atomic E-state index is 11.5. The van der Waals surface area contributed by atoms with Gasteiger partial charge < -0.3 is 10.4 Å². The fourth-order valence-corrected chi connectivity index (χ4v) is 1.19. The van der Waals surface area contributed by atoms with Crippen molar-refractivity contribution in [2.24, 2.45) is 0 Å². The van der Waals surface area contributed by atoms with Crippen molar-refractivity contribution in [2.45, 2.75) is 6.42 Å². The highest BCUT2D eigenvalue weighted by molar-refractivity contribution is 5.94. The molecule has 0 aliphatic carbocycles. The summed E-state index contributed by atoms with van der Waals surface area (Å²) in [5.74, 6) is -0.233. The van der Waals surface area contributed by atoms with Gasteiger partial charge in [0.1, 0.15) is 0 Å². The van der Waals surface area contributed by atoms with Crippen LogP contribution in [0.5, 0.6) is 0 Å². The summed E-state index contributed by atoms with van der Waals surface area (Å²) in [6.45, 7) is 0.158. The summed E-state index contributed by atoms with van der Waals surface area (Å²) in [7, 11) is 0. The Bertz CT molecular complexity index is 382. The molecule has 4 nitrogen and oxygen atoms in total. The molecule has 1 aromatic carbocycles. The number of hydrogen-bond donors (Lipinski definition) is 2. The first kappa shape index (κ1) is 11.2. The lowest BCUT2D eigenvalue weighted by atomic mass is 10.1. The second-order valence-corrected chi connectivity index (χ2v) is 3.01. The summed E-state index contributed by atoms with van der Waals surface area (Å²) in [5, 5.41) is 19.6. The summed E-state index contributed by atoms with van der Waals surface area (Å²) in [6.07, 6.45) is 0.293. The topological polar surface area (TPSA) is 73.1 Å². The standard InChI is InChI=1S/C11H12N2O2/c12-5-4-9-2-1-3-10(8-9)11(15)13-6-7-14/h1-3,8,14H,4,6-7H2,(H,13,15). The summed E-state index contributed by atoms with van der Waals surface area (Å²) in [6, 6.07) is 8.91. The van der Waals surface area contributed by atoms with E-state index in [9.17, 15) is 4.79 Å². The van der Waals surface area contributed by atoms with Crippen LogP contribution >= 0.6 is 0 Å². The van der Waals surface area contributed by atoms with Crippen LogP contribution in [-0.2, 0) is 6.42 Å². The molecule has 15 heavy (non-hydrogen) atoms. The van der Waals surface area contributed by atoms with Crippen molar-refractivity contribution in [3.8, 4) is 6.07 Å². The van der Waals surface area contributed by atoms with Crippen LogP contribution in [0.1, 0.15) is 15.9 Å². The van der Waals surface area contributed by atoms with Gasteiger partial charge in [0.2, 0.25) is 0 Å². The van der Waals surface area contributed by atoms with Gasteiger partial charge in [-0.2, -0.15) is 5.26 Å². The second kappa shape index (κ2) is 5.78. The molecule has 0 aliphatic rings. The third-order valence-electron chi connectivity index (χ3n) is 1.87. The predicted octanol–water partition coefficient (Wildman–Crippen LogP) is 0.475. The highest BCUT2D eigenvalue weighted by atomic mass is 16.3. The molecule has 1 aromatic rings. The fraction of sp³-hybridized carbons (Fsp3) is 0.273. The molecule has 1 rings (SSSR count). The number of nitriles is 1. The Hall–Kier alpha value is -1.86. The van der Waals surface area contributed by atoms with E-state index >= 15 is 0 Å². The van der Waals surface area contributed by atoms with Crippen molar-refractivity contribution in [1.29, 1.82) is 5.26 Å². The van der Waals surface area contributed by atoms with Crippen molar-refractivity contribution in [1.82, 2.24) is 5.32 Å². The van der Waals surface area contributed by atoms with Crippen LogP contribution in [0.3, 0.4) is 0 Å². The van der Waals surface area contributed by atoms with Gasteiger partial charge in [-0.25, -0.2) is 0 Å². The maximum Gasteiger partial charge on any atom is 0.251 e. The zero-order chi connectivity index (χ0) is 11.1. The predicted molar refractivity (Wildman–Crippen MR) is 55.2 cm³/mol. The Morgan fingerprint density at radius 1 is 1.53 bits per heavy atom. The summed E-state index contributed by atoms with van der Waals surface area (Å²) >= 11 is 0. The third kappa shape index (κ3) is 3.41. The number of carbonyl (C=O) groups excluding carboxylic acids is 1. The lowest BCUT2D eigenvalue weighted by molar-refractivity contribution is 0.0944. The van der Waals surface area contributed by atoms with Gasteiger partial charge >= 0.3 is 0 Å². The Balaban J connectivity index is 2.72. The number of nitrogens with zero attached hydrogens (tertiary/aromatic N) is 1. The van der Waals surface area contributed by atoms with Gasteiger partial charge in [0, 0.05) is 12.1 Å². The number of hydrogen-bond acceptors (Lipinski definition) is 3. The average molecular weight is 204 g/mol. The van der Waals surface area contributed by atoms with E-state index in [4.69, 9.17) is 10.4 Å². The van der Waals surface area contributed by atoms with Crippen LogP contribution in [0, 0.1) is 11.3 Å². The molecule has 0 aliphatic heterocycles. The largest absolute Gasteiger partial charge is 0.395 e. The second-order valence-electron chi connectivity index (χ2n) is 3.01. The molecule has 0 aromatic heterocycles. The van der Waals surface area contributed by atoms with Gasteiger partial charge in [-0.15, -0.1) is 0 Å². The van der Waals surface area contributed by atoms with Crippen molar-refractivity contribution < 1.29 is 9.90 Å². The quantitative estimate of drug-likeness (QED) is 0.749. The van der Waals surface area contributed by atoms with E-state index in [-0.39, 0.29) is 19.1 Å². The van der Waals surface area contributed by atoms with E-state index in [1.807, 2.05) is 6.07 Å².